The van der Waals surface area contributed by atoms with Gasteiger partial charge in [0.25, 0.3) is 0 Å². The molecule has 3 aromatic heterocycles. The van der Waals surface area contributed by atoms with E-state index in [2.05, 4.69) is 51.9 Å². The Hall–Kier alpha value is -10.0. The molecular formula is C43H21N15O3. The topological polar surface area (TPSA) is 296 Å². The van der Waals surface area contributed by atoms with E-state index in [1.165, 1.54) is 7.11 Å². The molecule has 0 bridgehead atoms. The molecule has 3 aliphatic rings. The Kier molecular flexibility index (Phi) is 10.9. The first-order valence-electron chi connectivity index (χ1n) is 17.5. The summed E-state index contributed by atoms with van der Waals surface area (Å²) in [6.45, 7) is 3.82. The van der Waals surface area contributed by atoms with Crippen LogP contribution in [-0.2, 0) is 9.68 Å². The molecule has 0 amide bonds. The quantitative estimate of drug-likeness (QED) is 0.104. The fourth-order valence-electron chi connectivity index (χ4n) is 6.44. The first-order valence-corrected chi connectivity index (χ1v) is 17.5. The van der Waals surface area contributed by atoms with Gasteiger partial charge in [0, 0.05) is 33.4 Å². The van der Waals surface area contributed by atoms with Gasteiger partial charge in [-0.05, 0) is 0 Å². The molecule has 0 aliphatic heterocycles. The van der Waals surface area contributed by atoms with Gasteiger partial charge in [0.2, 0.25) is 0 Å². The number of nitrogens with zero attached hydrogens (tertiary/aromatic N) is 15. The minimum atomic E-state index is -0.0739. The molecular weight excluding hydrogens is 775 g/mol. The van der Waals surface area contributed by atoms with Crippen LogP contribution in [0.4, 0.5) is 0 Å². The lowest BCUT2D eigenvalue weighted by molar-refractivity contribution is 0.175. The number of hydrogen-bond donors (Lipinski definition) is 1. The minimum Gasteiger partial charge on any atom is -0.410 e. The standard InChI is InChI=1S/C16H9N5O.C14H7N5O.C13H5N5O/c1-2-7-22-21-15-11-6-4-3-5-10(11)14-16(15)20-13(9-18)12(8-17)19-14;1-20-19-13-9-5-3-2-4-8(9)12-14(13)18-11(7-16)10(6-15)17-12;14-5-9-10(6-15)17-13-11(16-9)7-3-1-2-4-8(7)12(13)18-19/h2-6H,1,7H2;2-5H,1H3;1-4,19H/b21-15-;19-13+;18-12+. The van der Waals surface area contributed by atoms with Crippen molar-refractivity contribution in [3.63, 3.8) is 0 Å². The lowest BCUT2D eigenvalue weighted by atomic mass is 10.1. The van der Waals surface area contributed by atoms with Crippen molar-refractivity contribution in [2.24, 2.45) is 15.5 Å². The molecule has 18 heteroatoms. The van der Waals surface area contributed by atoms with Crippen molar-refractivity contribution in [3.8, 4) is 70.2 Å². The normalized spacial score (nSPS) is 13.2. The third-order valence-corrected chi connectivity index (χ3v) is 8.94. The van der Waals surface area contributed by atoms with E-state index in [1.807, 2.05) is 91.0 Å². The number of benzene rings is 3. The smallest absolute Gasteiger partial charge is 0.177 e. The van der Waals surface area contributed by atoms with E-state index in [0.29, 0.717) is 51.2 Å². The minimum absolute atomic E-state index is 0.00399. The van der Waals surface area contributed by atoms with Crippen LogP contribution in [0.5, 0.6) is 0 Å². The van der Waals surface area contributed by atoms with Gasteiger partial charge in [-0.3, -0.25) is 0 Å². The predicted molar refractivity (Wildman–Crippen MR) is 213 cm³/mol. The second-order valence-corrected chi connectivity index (χ2v) is 12.3. The highest BCUT2D eigenvalue weighted by Gasteiger charge is 2.32. The first-order chi connectivity index (χ1) is 29.9. The highest BCUT2D eigenvalue weighted by Crippen LogP contribution is 2.37. The molecule has 0 saturated heterocycles. The fourth-order valence-corrected chi connectivity index (χ4v) is 6.44. The maximum Gasteiger partial charge on any atom is 0.177 e. The van der Waals surface area contributed by atoms with Crippen LogP contribution in [0.3, 0.4) is 0 Å². The SMILES string of the molecule is C=CCO/N=C1/c2ccccc2-c2nc(C#N)c(C#N)nc21.CO/N=C1\c2ccccc2-c2nc(C#N)c(C#N)nc21.N#Cc1nc2c(nc1C#N)-c1ccccc1/C2=N\O. The molecule has 0 unspecified atom stereocenters. The van der Waals surface area contributed by atoms with E-state index in [9.17, 15) is 0 Å². The summed E-state index contributed by atoms with van der Waals surface area (Å²) >= 11 is 0. The highest BCUT2D eigenvalue weighted by molar-refractivity contribution is 6.24. The van der Waals surface area contributed by atoms with Gasteiger partial charge in [0.05, 0.1) is 0 Å². The largest absolute Gasteiger partial charge is 0.410 e. The van der Waals surface area contributed by atoms with Crippen LogP contribution >= 0.6 is 0 Å². The van der Waals surface area contributed by atoms with Crippen molar-refractivity contribution >= 4 is 17.1 Å². The van der Waals surface area contributed by atoms with Crippen LogP contribution in [0.25, 0.3) is 33.8 Å². The average Bonchev–Trinajstić information content (AvgIpc) is 3.91. The summed E-state index contributed by atoms with van der Waals surface area (Å²) in [4.78, 5) is 35.2. The molecule has 3 aliphatic carbocycles. The zero-order valence-electron chi connectivity index (χ0n) is 31.4. The van der Waals surface area contributed by atoms with Crippen molar-refractivity contribution in [2.75, 3.05) is 13.7 Å². The van der Waals surface area contributed by atoms with Gasteiger partial charge in [-0.2, -0.15) is 31.6 Å². The molecule has 61 heavy (non-hydrogen) atoms. The molecule has 0 fully saturated rings. The monoisotopic (exact) mass is 795 g/mol. The van der Waals surface area contributed by atoms with E-state index < -0.39 is 0 Å². The van der Waals surface area contributed by atoms with Crippen LogP contribution in [0.15, 0.2) is 101 Å². The Morgan fingerprint density at radius 2 is 0.787 bits per heavy atom. The lowest BCUT2D eigenvalue weighted by Gasteiger charge is -2.01. The molecule has 3 aromatic carbocycles. The lowest BCUT2D eigenvalue weighted by Crippen LogP contribution is -2.06. The van der Waals surface area contributed by atoms with E-state index in [4.69, 9.17) is 46.5 Å². The molecule has 1 N–H and O–H groups in total. The van der Waals surface area contributed by atoms with Gasteiger partial charge in [0.15, 0.2) is 34.2 Å². The maximum absolute atomic E-state index is 9.12. The highest BCUT2D eigenvalue weighted by atomic mass is 16.6. The summed E-state index contributed by atoms with van der Waals surface area (Å²) in [5.74, 6) is 0. The van der Waals surface area contributed by atoms with E-state index in [0.717, 1.165) is 27.8 Å². The molecule has 18 nitrogen and oxygen atoms in total. The Morgan fingerprint density at radius 3 is 1.10 bits per heavy atom. The van der Waals surface area contributed by atoms with Crippen LogP contribution in [0.1, 0.15) is 67.9 Å². The summed E-state index contributed by atoms with van der Waals surface area (Å²) < 4.78 is 0. The fraction of sp³-hybridized carbons (Fsp3) is 0.0465. The third-order valence-electron chi connectivity index (χ3n) is 8.94. The molecule has 0 spiro atoms. The van der Waals surface area contributed by atoms with Gasteiger partial charge in [0.1, 0.15) is 101 Å². The summed E-state index contributed by atoms with van der Waals surface area (Å²) in [6, 6.07) is 33.3. The molecule has 0 radical (unpaired) electrons. The molecule has 9 rings (SSSR count). The van der Waals surface area contributed by atoms with E-state index in [-0.39, 0.29) is 46.5 Å². The molecule has 6 aromatic rings. The van der Waals surface area contributed by atoms with Crippen molar-refractivity contribution in [3.05, 3.63) is 153 Å². The van der Waals surface area contributed by atoms with Crippen LogP contribution in [0, 0.1) is 68.0 Å². The van der Waals surface area contributed by atoms with Crippen LogP contribution in [0.2, 0.25) is 0 Å². The van der Waals surface area contributed by atoms with Crippen molar-refractivity contribution in [1.29, 1.82) is 31.6 Å². The summed E-state index contributed by atoms with van der Waals surface area (Å²) in [5.41, 5.74) is 8.61. The van der Waals surface area contributed by atoms with Gasteiger partial charge in [-0.1, -0.05) is 101 Å². The number of hydrogen-bond acceptors (Lipinski definition) is 18. The second kappa shape index (κ2) is 17.0. The summed E-state index contributed by atoms with van der Waals surface area (Å²) in [7, 11) is 1.44. The Bertz CT molecular complexity index is 3200. The molecule has 286 valence electrons. The number of nitriles is 6. The average molecular weight is 796 g/mol. The maximum atomic E-state index is 9.12. The summed E-state index contributed by atoms with van der Waals surface area (Å²) in [6.07, 6.45) is 1.58. The van der Waals surface area contributed by atoms with Crippen LogP contribution in [-0.4, -0.2) is 66.0 Å². The molecule has 0 saturated carbocycles. The first kappa shape index (κ1) is 39.2. The predicted octanol–water partition coefficient (Wildman–Crippen LogP) is 5.18. The Balaban J connectivity index is 0.000000138. The number of rotatable bonds is 4. The molecule has 3 heterocycles. The van der Waals surface area contributed by atoms with E-state index in [1.54, 1.807) is 24.3 Å². The second-order valence-electron chi connectivity index (χ2n) is 12.3. The van der Waals surface area contributed by atoms with Crippen molar-refractivity contribution < 1.29 is 14.9 Å². The van der Waals surface area contributed by atoms with Crippen molar-refractivity contribution in [1.82, 2.24) is 29.9 Å². The van der Waals surface area contributed by atoms with E-state index >= 15 is 0 Å². The van der Waals surface area contributed by atoms with Gasteiger partial charge < -0.3 is 14.9 Å². The molecule has 0 atom stereocenters. The van der Waals surface area contributed by atoms with Gasteiger partial charge in [-0.15, -0.1) is 0 Å². The zero-order valence-corrected chi connectivity index (χ0v) is 31.4. The number of oxime groups is 3. The Morgan fingerprint density at radius 1 is 0.492 bits per heavy atom. The zero-order chi connectivity index (χ0) is 43.0. The number of aromatic nitrogens is 6. The third kappa shape index (κ3) is 6.92. The van der Waals surface area contributed by atoms with Gasteiger partial charge >= 0.3 is 0 Å². The van der Waals surface area contributed by atoms with Crippen LogP contribution < -0.4 is 0 Å². The van der Waals surface area contributed by atoms with Crippen molar-refractivity contribution in [2.45, 2.75) is 0 Å². The Labute approximate surface area is 345 Å². The van der Waals surface area contributed by atoms with Gasteiger partial charge in [-0.25, -0.2) is 29.9 Å². The number of fused-ring (bicyclic) bond motifs is 9. The summed E-state index contributed by atoms with van der Waals surface area (Å²) in [5, 5.41) is 74.6.